The van der Waals surface area contributed by atoms with E-state index < -0.39 is 6.09 Å². The maximum Gasteiger partial charge on any atom is 0.407 e. The van der Waals surface area contributed by atoms with Gasteiger partial charge in [-0.1, -0.05) is 0 Å². The van der Waals surface area contributed by atoms with Crippen molar-refractivity contribution in [2.75, 3.05) is 13.1 Å². The van der Waals surface area contributed by atoms with Crippen LogP contribution in [0.5, 0.6) is 0 Å². The van der Waals surface area contributed by atoms with Crippen LogP contribution in [0.3, 0.4) is 0 Å². The smallest absolute Gasteiger partial charge is 0.407 e. The van der Waals surface area contributed by atoms with Gasteiger partial charge in [0.05, 0.1) is 6.10 Å². The van der Waals surface area contributed by atoms with Gasteiger partial charge in [0, 0.05) is 13.1 Å². The third kappa shape index (κ3) is 0.982. The molecule has 1 saturated heterocycles. The Kier molecular flexibility index (Phi) is 1.54. The number of piperidine rings is 1. The topological polar surface area (TPSA) is 60.8 Å². The van der Waals surface area contributed by atoms with Crippen LogP contribution in [-0.4, -0.2) is 40.4 Å². The van der Waals surface area contributed by atoms with E-state index in [0.29, 0.717) is 30.8 Å². The van der Waals surface area contributed by atoms with Gasteiger partial charge < -0.3 is 15.1 Å². The molecule has 1 heterocycles. The fraction of sp³-hybridized carbons (Fsp3) is 0.875. The molecule has 1 saturated carbocycles. The number of likely N-dealkylation sites (tertiary alicyclic amines) is 1. The molecule has 0 spiro atoms. The first-order valence-corrected chi connectivity index (χ1v) is 4.27. The average molecular weight is 171 g/mol. The van der Waals surface area contributed by atoms with Gasteiger partial charge in [0.25, 0.3) is 0 Å². The van der Waals surface area contributed by atoms with Crippen molar-refractivity contribution in [3.05, 3.63) is 0 Å². The second kappa shape index (κ2) is 2.36. The predicted octanol–water partition coefficient (Wildman–Crippen LogP) is 0.223. The number of hydrogen-bond donors (Lipinski definition) is 2. The Morgan fingerprint density at radius 1 is 1.50 bits per heavy atom. The highest BCUT2D eigenvalue weighted by Gasteiger charge is 2.58. The zero-order valence-electron chi connectivity index (χ0n) is 6.97. The average Bonchev–Trinajstić information content (AvgIpc) is 2.48. The number of carbonyl (C=O) groups is 1. The number of nitrogens with zero attached hydrogens (tertiary/aromatic N) is 1. The molecule has 2 rings (SSSR count). The lowest BCUT2D eigenvalue weighted by molar-refractivity contribution is 0.124. The van der Waals surface area contributed by atoms with E-state index in [2.05, 4.69) is 0 Å². The minimum Gasteiger partial charge on any atom is -0.465 e. The van der Waals surface area contributed by atoms with Gasteiger partial charge in [0.2, 0.25) is 0 Å². The van der Waals surface area contributed by atoms with E-state index in [1.807, 2.05) is 0 Å². The van der Waals surface area contributed by atoms with Crippen molar-refractivity contribution in [1.29, 1.82) is 0 Å². The number of hydrogen-bond acceptors (Lipinski definition) is 2. The number of aliphatic hydroxyl groups is 1. The van der Waals surface area contributed by atoms with Crippen molar-refractivity contribution in [2.24, 2.45) is 17.8 Å². The Bertz CT molecular complexity index is 204. The summed E-state index contributed by atoms with van der Waals surface area (Å²) in [5.74, 6) is 1.22. The van der Waals surface area contributed by atoms with Crippen molar-refractivity contribution >= 4 is 6.09 Å². The molecule has 0 aromatic carbocycles. The molecule has 0 bridgehead atoms. The minimum atomic E-state index is -0.827. The molecule has 4 atom stereocenters. The van der Waals surface area contributed by atoms with Gasteiger partial charge >= 0.3 is 6.09 Å². The Balaban J connectivity index is 1.90. The van der Waals surface area contributed by atoms with Crippen molar-refractivity contribution in [3.63, 3.8) is 0 Å². The third-order valence-corrected chi connectivity index (χ3v) is 3.09. The van der Waals surface area contributed by atoms with Gasteiger partial charge in [-0.25, -0.2) is 4.79 Å². The molecule has 0 radical (unpaired) electrons. The number of amides is 1. The summed E-state index contributed by atoms with van der Waals surface area (Å²) in [7, 11) is 0. The first-order valence-electron chi connectivity index (χ1n) is 4.27. The maximum atomic E-state index is 10.5. The fourth-order valence-electron chi connectivity index (χ4n) is 2.44. The van der Waals surface area contributed by atoms with E-state index in [1.54, 1.807) is 6.92 Å². The SMILES string of the molecule is CC(O)C1[C@H]2CN(C(=O)O)C[C@@H]12. The maximum absolute atomic E-state index is 10.5. The van der Waals surface area contributed by atoms with Crippen LogP contribution in [-0.2, 0) is 0 Å². The summed E-state index contributed by atoms with van der Waals surface area (Å²) in [4.78, 5) is 11.9. The second-order valence-corrected chi connectivity index (χ2v) is 3.83. The Hall–Kier alpha value is -0.770. The second-order valence-electron chi connectivity index (χ2n) is 3.83. The summed E-state index contributed by atoms with van der Waals surface area (Å²) in [5.41, 5.74) is 0. The lowest BCUT2D eigenvalue weighted by atomic mass is 10.2. The van der Waals surface area contributed by atoms with Crippen LogP contribution in [0.15, 0.2) is 0 Å². The van der Waals surface area contributed by atoms with E-state index in [1.165, 1.54) is 4.90 Å². The third-order valence-electron chi connectivity index (χ3n) is 3.09. The Morgan fingerprint density at radius 3 is 2.33 bits per heavy atom. The summed E-state index contributed by atoms with van der Waals surface area (Å²) in [5, 5.41) is 17.9. The molecule has 4 nitrogen and oxygen atoms in total. The van der Waals surface area contributed by atoms with E-state index in [-0.39, 0.29) is 6.10 Å². The van der Waals surface area contributed by atoms with Gasteiger partial charge in [0.15, 0.2) is 0 Å². The van der Waals surface area contributed by atoms with Gasteiger partial charge in [-0.2, -0.15) is 0 Å². The number of aliphatic hydroxyl groups excluding tert-OH is 1. The summed E-state index contributed by atoms with van der Waals surface area (Å²) >= 11 is 0. The number of fused-ring (bicyclic) bond motifs is 1. The van der Waals surface area contributed by atoms with E-state index in [0.717, 1.165) is 0 Å². The molecule has 68 valence electrons. The van der Waals surface area contributed by atoms with Crippen molar-refractivity contribution in [3.8, 4) is 0 Å². The number of rotatable bonds is 1. The van der Waals surface area contributed by atoms with Gasteiger partial charge in [-0.15, -0.1) is 0 Å². The Morgan fingerprint density at radius 2 is 2.00 bits per heavy atom. The monoisotopic (exact) mass is 171 g/mol. The molecule has 12 heavy (non-hydrogen) atoms. The summed E-state index contributed by atoms with van der Waals surface area (Å²) in [6, 6.07) is 0. The van der Waals surface area contributed by atoms with Crippen molar-refractivity contribution in [2.45, 2.75) is 13.0 Å². The quantitative estimate of drug-likeness (QED) is 0.593. The van der Waals surface area contributed by atoms with Gasteiger partial charge in [-0.3, -0.25) is 0 Å². The molecule has 2 aliphatic rings. The lowest BCUT2D eigenvalue weighted by Crippen LogP contribution is -2.31. The van der Waals surface area contributed by atoms with Crippen LogP contribution in [0.2, 0.25) is 0 Å². The van der Waals surface area contributed by atoms with Crippen molar-refractivity contribution < 1.29 is 15.0 Å². The Labute approximate surface area is 70.8 Å². The molecular weight excluding hydrogens is 158 g/mol. The van der Waals surface area contributed by atoms with Crippen LogP contribution in [0.1, 0.15) is 6.92 Å². The van der Waals surface area contributed by atoms with Crippen molar-refractivity contribution in [1.82, 2.24) is 4.90 Å². The molecule has 1 aliphatic carbocycles. The zero-order valence-corrected chi connectivity index (χ0v) is 6.97. The zero-order chi connectivity index (χ0) is 8.88. The highest BCUT2D eigenvalue weighted by atomic mass is 16.4. The standard InChI is InChI=1S/C8H13NO3/c1-4(10)7-5-2-9(8(11)12)3-6(5)7/h4-7,10H,2-3H2,1H3,(H,11,12)/t4?,5-,6+,7?. The molecule has 4 heteroatoms. The summed E-state index contributed by atoms with van der Waals surface area (Å²) in [6.07, 6.45) is -1.09. The summed E-state index contributed by atoms with van der Waals surface area (Å²) < 4.78 is 0. The first kappa shape index (κ1) is 7.86. The van der Waals surface area contributed by atoms with Crippen LogP contribution in [0.25, 0.3) is 0 Å². The minimum absolute atomic E-state index is 0.268. The highest BCUT2D eigenvalue weighted by Crippen LogP contribution is 2.53. The van der Waals surface area contributed by atoms with Gasteiger partial charge in [0.1, 0.15) is 0 Å². The molecule has 2 fully saturated rings. The molecule has 2 unspecified atom stereocenters. The van der Waals surface area contributed by atoms with Crippen LogP contribution in [0, 0.1) is 17.8 Å². The predicted molar refractivity (Wildman–Crippen MR) is 41.7 cm³/mol. The van der Waals surface area contributed by atoms with Crippen LogP contribution < -0.4 is 0 Å². The van der Waals surface area contributed by atoms with Gasteiger partial charge in [-0.05, 0) is 24.7 Å². The first-order chi connectivity index (χ1) is 5.61. The highest BCUT2D eigenvalue weighted by molar-refractivity contribution is 5.65. The molecule has 1 aliphatic heterocycles. The van der Waals surface area contributed by atoms with E-state index >= 15 is 0 Å². The normalized spacial score (nSPS) is 40.8. The molecule has 2 N–H and O–H groups in total. The molecular formula is C8H13NO3. The van der Waals surface area contributed by atoms with Crippen LogP contribution >= 0.6 is 0 Å². The van der Waals surface area contributed by atoms with E-state index in [9.17, 15) is 9.90 Å². The fourth-order valence-corrected chi connectivity index (χ4v) is 2.44. The number of carboxylic acid groups (broad SMARTS) is 1. The molecule has 1 amide bonds. The lowest BCUT2D eigenvalue weighted by Gasteiger charge is -2.16. The summed E-state index contributed by atoms with van der Waals surface area (Å²) in [6.45, 7) is 3.03. The molecule has 0 aromatic heterocycles. The van der Waals surface area contributed by atoms with Crippen LogP contribution in [0.4, 0.5) is 4.79 Å². The molecule has 0 aromatic rings. The van der Waals surface area contributed by atoms with E-state index in [4.69, 9.17) is 5.11 Å². The largest absolute Gasteiger partial charge is 0.465 e.